The van der Waals surface area contributed by atoms with E-state index in [1.165, 1.54) is 0 Å². The summed E-state index contributed by atoms with van der Waals surface area (Å²) in [4.78, 5) is 24.5. The Labute approximate surface area is 95.1 Å². The third-order valence-corrected chi connectivity index (χ3v) is 3.01. The summed E-state index contributed by atoms with van der Waals surface area (Å²) in [5.74, 6) is 0. The van der Waals surface area contributed by atoms with Crippen LogP contribution in [0.25, 0.3) is 0 Å². The molecule has 3 unspecified atom stereocenters. The van der Waals surface area contributed by atoms with Crippen LogP contribution in [-0.2, 0) is 9.53 Å². The Kier molecular flexibility index (Phi) is 2.66. The van der Waals surface area contributed by atoms with Gasteiger partial charge in [-0.25, -0.2) is 4.79 Å². The SMILES string of the molecule is CC(C)(C)OC(=O)N1C2CNC(C2)C1C=O. The number of aldehydes is 1. The normalized spacial score (nSPS) is 32.9. The standard InChI is InChI=1S/C11H18N2O3/c1-11(2,3)16-10(15)13-7-4-8(12-5-7)9(13)6-14/h6-9,12H,4-5H2,1-3H3. The fourth-order valence-electron chi connectivity index (χ4n) is 2.40. The molecular formula is C11H18N2O3. The molecule has 2 fully saturated rings. The first-order chi connectivity index (χ1) is 7.42. The van der Waals surface area contributed by atoms with Crippen molar-refractivity contribution in [1.29, 1.82) is 0 Å². The van der Waals surface area contributed by atoms with E-state index in [0.717, 1.165) is 19.3 Å². The van der Waals surface area contributed by atoms with Crippen molar-refractivity contribution in [2.75, 3.05) is 6.54 Å². The molecule has 5 heteroatoms. The fourth-order valence-corrected chi connectivity index (χ4v) is 2.40. The lowest BCUT2D eigenvalue weighted by Crippen LogP contribution is -2.55. The van der Waals surface area contributed by atoms with E-state index in [4.69, 9.17) is 4.74 Å². The number of carbonyl (C=O) groups is 2. The van der Waals surface area contributed by atoms with Gasteiger partial charge in [0.25, 0.3) is 0 Å². The highest BCUT2D eigenvalue weighted by molar-refractivity contribution is 5.76. The van der Waals surface area contributed by atoms with E-state index in [9.17, 15) is 9.59 Å². The molecule has 0 aromatic heterocycles. The molecule has 0 aromatic rings. The first-order valence-corrected chi connectivity index (χ1v) is 5.62. The lowest BCUT2D eigenvalue weighted by atomic mass is 10.1. The third kappa shape index (κ3) is 1.91. The second-order valence-electron chi connectivity index (χ2n) is 5.42. The van der Waals surface area contributed by atoms with Gasteiger partial charge in [-0.15, -0.1) is 0 Å². The van der Waals surface area contributed by atoms with Crippen molar-refractivity contribution in [2.45, 2.75) is 50.9 Å². The molecule has 0 spiro atoms. The summed E-state index contributed by atoms with van der Waals surface area (Å²) in [5.41, 5.74) is -0.514. The molecule has 1 amide bonds. The lowest BCUT2D eigenvalue weighted by molar-refractivity contribution is -0.113. The highest BCUT2D eigenvalue weighted by Gasteiger charge is 2.49. The number of piperazine rings is 1. The van der Waals surface area contributed by atoms with Gasteiger partial charge in [0.2, 0.25) is 0 Å². The topological polar surface area (TPSA) is 58.6 Å². The van der Waals surface area contributed by atoms with Crippen molar-refractivity contribution >= 4 is 12.4 Å². The number of hydrogen-bond donors (Lipinski definition) is 1. The zero-order chi connectivity index (χ0) is 11.9. The Balaban J connectivity index is 2.08. The van der Waals surface area contributed by atoms with Crippen molar-refractivity contribution < 1.29 is 14.3 Å². The van der Waals surface area contributed by atoms with E-state index in [1.807, 2.05) is 20.8 Å². The van der Waals surface area contributed by atoms with E-state index in [-0.39, 0.29) is 24.2 Å². The molecule has 1 N–H and O–H groups in total. The summed E-state index contributed by atoms with van der Waals surface area (Å²) >= 11 is 0. The Hall–Kier alpha value is -1.10. The summed E-state index contributed by atoms with van der Waals surface area (Å²) in [6.07, 6.45) is 1.31. The molecule has 0 aliphatic carbocycles. The second kappa shape index (κ2) is 3.73. The van der Waals surface area contributed by atoms with E-state index < -0.39 is 5.60 Å². The fraction of sp³-hybridized carbons (Fsp3) is 0.818. The molecule has 2 aliphatic rings. The van der Waals surface area contributed by atoms with Crippen molar-refractivity contribution in [3.05, 3.63) is 0 Å². The average molecular weight is 226 g/mol. The van der Waals surface area contributed by atoms with Gasteiger partial charge in [0.05, 0.1) is 0 Å². The van der Waals surface area contributed by atoms with Crippen molar-refractivity contribution in [3.8, 4) is 0 Å². The Bertz CT molecular complexity index is 311. The molecule has 16 heavy (non-hydrogen) atoms. The van der Waals surface area contributed by atoms with Crippen LogP contribution in [-0.4, -0.2) is 47.6 Å². The molecule has 5 nitrogen and oxygen atoms in total. The quantitative estimate of drug-likeness (QED) is 0.663. The van der Waals surface area contributed by atoms with Crippen LogP contribution in [0.3, 0.4) is 0 Å². The second-order valence-corrected chi connectivity index (χ2v) is 5.42. The molecule has 2 bridgehead atoms. The number of amides is 1. The van der Waals surface area contributed by atoms with Gasteiger partial charge in [-0.2, -0.15) is 0 Å². The first kappa shape index (κ1) is 11.4. The number of ether oxygens (including phenoxy) is 1. The van der Waals surface area contributed by atoms with Gasteiger partial charge in [-0.3, -0.25) is 4.90 Å². The smallest absolute Gasteiger partial charge is 0.411 e. The summed E-state index contributed by atoms with van der Waals surface area (Å²) < 4.78 is 5.31. The average Bonchev–Trinajstić information content (AvgIpc) is 2.72. The number of fused-ring (bicyclic) bond motifs is 2. The Morgan fingerprint density at radius 2 is 2.19 bits per heavy atom. The Morgan fingerprint density at radius 1 is 1.50 bits per heavy atom. The highest BCUT2D eigenvalue weighted by atomic mass is 16.6. The lowest BCUT2D eigenvalue weighted by Gasteiger charge is -2.34. The summed E-state index contributed by atoms with van der Waals surface area (Å²) in [6, 6.07) is -0.154. The van der Waals surface area contributed by atoms with Crippen LogP contribution in [0.5, 0.6) is 0 Å². The number of nitrogens with zero attached hydrogens (tertiary/aromatic N) is 1. The molecule has 0 radical (unpaired) electrons. The number of likely N-dealkylation sites (tertiary alicyclic amines) is 1. The number of carbonyl (C=O) groups excluding carboxylic acids is 2. The van der Waals surface area contributed by atoms with Crippen molar-refractivity contribution in [2.24, 2.45) is 0 Å². The minimum Gasteiger partial charge on any atom is -0.444 e. The van der Waals surface area contributed by atoms with Gasteiger partial charge in [-0.05, 0) is 27.2 Å². The molecule has 2 aliphatic heterocycles. The zero-order valence-electron chi connectivity index (χ0n) is 9.90. The van der Waals surface area contributed by atoms with Gasteiger partial charge in [-0.1, -0.05) is 0 Å². The molecule has 0 saturated carbocycles. The van der Waals surface area contributed by atoms with Gasteiger partial charge in [0, 0.05) is 18.6 Å². The van der Waals surface area contributed by atoms with E-state index in [2.05, 4.69) is 5.32 Å². The van der Waals surface area contributed by atoms with E-state index >= 15 is 0 Å². The van der Waals surface area contributed by atoms with Crippen LogP contribution >= 0.6 is 0 Å². The van der Waals surface area contributed by atoms with Crippen LogP contribution in [0, 0.1) is 0 Å². The third-order valence-electron chi connectivity index (χ3n) is 3.01. The van der Waals surface area contributed by atoms with E-state index in [0.29, 0.717) is 0 Å². The maximum Gasteiger partial charge on any atom is 0.411 e. The largest absolute Gasteiger partial charge is 0.444 e. The Morgan fingerprint density at radius 3 is 2.75 bits per heavy atom. The van der Waals surface area contributed by atoms with Gasteiger partial charge in [0.1, 0.15) is 17.9 Å². The van der Waals surface area contributed by atoms with Crippen LogP contribution in [0.15, 0.2) is 0 Å². The van der Waals surface area contributed by atoms with Crippen molar-refractivity contribution in [1.82, 2.24) is 10.2 Å². The zero-order valence-corrected chi connectivity index (χ0v) is 9.90. The number of hydrogen-bond acceptors (Lipinski definition) is 4. The van der Waals surface area contributed by atoms with Gasteiger partial charge >= 0.3 is 6.09 Å². The molecular weight excluding hydrogens is 208 g/mol. The predicted molar refractivity (Wildman–Crippen MR) is 58.1 cm³/mol. The van der Waals surface area contributed by atoms with Crippen LogP contribution in [0.1, 0.15) is 27.2 Å². The molecule has 2 rings (SSSR count). The molecule has 90 valence electrons. The van der Waals surface area contributed by atoms with E-state index in [1.54, 1.807) is 4.90 Å². The number of rotatable bonds is 1. The maximum atomic E-state index is 11.9. The molecule has 2 heterocycles. The van der Waals surface area contributed by atoms with Crippen molar-refractivity contribution in [3.63, 3.8) is 0 Å². The van der Waals surface area contributed by atoms with Gasteiger partial charge < -0.3 is 14.8 Å². The summed E-state index contributed by atoms with van der Waals surface area (Å²) in [5, 5.41) is 3.22. The van der Waals surface area contributed by atoms with Gasteiger partial charge in [0.15, 0.2) is 0 Å². The van der Waals surface area contributed by atoms with Crippen LogP contribution < -0.4 is 5.32 Å². The minimum atomic E-state index is -0.514. The monoisotopic (exact) mass is 226 g/mol. The van der Waals surface area contributed by atoms with Crippen LogP contribution in [0.4, 0.5) is 4.79 Å². The summed E-state index contributed by atoms with van der Waals surface area (Å²) in [6.45, 7) is 6.24. The summed E-state index contributed by atoms with van der Waals surface area (Å²) in [7, 11) is 0. The highest BCUT2D eigenvalue weighted by Crippen LogP contribution is 2.30. The molecule has 3 atom stereocenters. The minimum absolute atomic E-state index is 0.106. The number of nitrogens with one attached hydrogen (secondary N) is 1. The maximum absolute atomic E-state index is 11.9. The van der Waals surface area contributed by atoms with Crippen LogP contribution in [0.2, 0.25) is 0 Å². The predicted octanol–water partition coefficient (Wildman–Crippen LogP) is 0.535. The molecule has 0 aromatic carbocycles. The first-order valence-electron chi connectivity index (χ1n) is 5.62. The molecule has 2 saturated heterocycles.